The van der Waals surface area contributed by atoms with E-state index in [-0.39, 0.29) is 0 Å². The van der Waals surface area contributed by atoms with Crippen LogP contribution in [0.4, 0.5) is 0 Å². The van der Waals surface area contributed by atoms with Crippen LogP contribution in [0.1, 0.15) is 51.4 Å². The van der Waals surface area contributed by atoms with Gasteiger partial charge in [-0.05, 0) is 74.2 Å². The normalized spacial score (nSPS) is 20.6. The Bertz CT molecular complexity index is 523. The Morgan fingerprint density at radius 1 is 0.545 bits per heavy atom. The average molecular weight is 524 g/mol. The van der Waals surface area contributed by atoms with Crippen molar-refractivity contribution >= 4 is 65.0 Å². The second-order valence-electron chi connectivity index (χ2n) is 7.21. The van der Waals surface area contributed by atoms with Gasteiger partial charge in [-0.1, -0.05) is 36.5 Å². The molecule has 7 heteroatoms. The third-order valence-electron chi connectivity index (χ3n) is 4.32. The van der Waals surface area contributed by atoms with Gasteiger partial charge in [0.1, 0.15) is 0 Å². The van der Waals surface area contributed by atoms with Crippen molar-refractivity contribution in [2.75, 3.05) is 42.0 Å². The van der Waals surface area contributed by atoms with Crippen LogP contribution in [0.5, 0.6) is 0 Å². The van der Waals surface area contributed by atoms with Crippen molar-refractivity contribution in [1.29, 1.82) is 0 Å². The fourth-order valence-electron chi connectivity index (χ4n) is 2.58. The van der Waals surface area contributed by atoms with E-state index >= 15 is 0 Å². The van der Waals surface area contributed by atoms with Crippen LogP contribution in [0.15, 0.2) is 62.2 Å². The zero-order valence-electron chi connectivity index (χ0n) is 19.9. The van der Waals surface area contributed by atoms with Gasteiger partial charge in [0.05, 0.1) is 11.4 Å². The first-order valence-corrected chi connectivity index (χ1v) is 16.3. The number of rotatable bonds is 0. The molecule has 0 aromatic carbocycles. The number of aliphatic imine (C=N–C) groups is 3. The summed E-state index contributed by atoms with van der Waals surface area (Å²) in [5.41, 5.74) is 1.90. The molecule has 1 aliphatic carbocycles. The van der Waals surface area contributed by atoms with Gasteiger partial charge in [0.15, 0.2) is 0 Å². The lowest BCUT2D eigenvalue weighted by Crippen LogP contribution is -1.78. The van der Waals surface area contributed by atoms with Gasteiger partial charge in [-0.3, -0.25) is 15.0 Å². The van der Waals surface area contributed by atoms with Gasteiger partial charge < -0.3 is 0 Å². The summed E-state index contributed by atoms with van der Waals surface area (Å²) >= 11 is 7.38. The van der Waals surface area contributed by atoms with Gasteiger partial charge in [0.25, 0.3) is 0 Å². The van der Waals surface area contributed by atoms with Gasteiger partial charge in [0, 0.05) is 36.6 Å². The van der Waals surface area contributed by atoms with Gasteiger partial charge in [-0.25, -0.2) is 0 Å². The van der Waals surface area contributed by atoms with Crippen LogP contribution < -0.4 is 0 Å². The summed E-state index contributed by atoms with van der Waals surface area (Å²) in [6, 6.07) is 0. The number of hydrogen-bond acceptors (Lipinski definition) is 7. The molecule has 184 valence electrons. The summed E-state index contributed by atoms with van der Waals surface area (Å²) in [5.74, 6) is 5.78. The lowest BCUT2D eigenvalue weighted by molar-refractivity contribution is 0.730. The molecule has 0 fully saturated rings. The topological polar surface area (TPSA) is 37.1 Å². The molecule has 0 atom stereocenters. The Morgan fingerprint density at radius 2 is 1.42 bits per heavy atom. The molecule has 5 heterocycles. The molecular formula is C26H41N3S4. The third-order valence-corrected chi connectivity index (χ3v) is 7.40. The lowest BCUT2D eigenvalue weighted by atomic mass is 10.1. The first-order chi connectivity index (χ1) is 16.5. The Labute approximate surface area is 219 Å². The van der Waals surface area contributed by atoms with Crippen LogP contribution in [0.25, 0.3) is 0 Å². The van der Waals surface area contributed by atoms with Crippen molar-refractivity contribution < 1.29 is 0 Å². The molecule has 0 aromatic rings. The first kappa shape index (κ1) is 30.4. The second-order valence-corrected chi connectivity index (χ2v) is 11.1. The number of nitrogens with zero attached hydrogens (tertiary/aromatic N) is 3. The highest BCUT2D eigenvalue weighted by Crippen LogP contribution is 2.12. The van der Waals surface area contributed by atoms with Gasteiger partial charge >= 0.3 is 0 Å². The summed E-state index contributed by atoms with van der Waals surface area (Å²) in [5, 5.41) is 4.28. The molecule has 0 saturated carbocycles. The summed E-state index contributed by atoms with van der Waals surface area (Å²) in [4.78, 5) is 11.8. The molecule has 6 rings (SSSR count). The van der Waals surface area contributed by atoms with Crippen molar-refractivity contribution in [3.05, 3.63) is 47.3 Å². The number of hydrogen-bond donors (Lipinski definition) is 0. The monoisotopic (exact) mass is 523 g/mol. The molecule has 5 aliphatic heterocycles. The Balaban J connectivity index is 0.000000198. The van der Waals surface area contributed by atoms with Crippen molar-refractivity contribution in [3.8, 4) is 0 Å². The molecular weight excluding hydrogens is 483 g/mol. The zero-order valence-corrected chi connectivity index (χ0v) is 23.2. The van der Waals surface area contributed by atoms with E-state index in [1.54, 1.807) is 11.8 Å². The number of thioether (sulfide) groups is 4. The smallest absolute Gasteiger partial charge is 0.0844 e. The molecule has 0 unspecified atom stereocenters. The largest absolute Gasteiger partial charge is 0.298 e. The van der Waals surface area contributed by atoms with E-state index in [4.69, 9.17) is 0 Å². The first-order valence-electron chi connectivity index (χ1n) is 12.0. The van der Waals surface area contributed by atoms with E-state index in [9.17, 15) is 0 Å². The minimum Gasteiger partial charge on any atom is -0.298 e. The van der Waals surface area contributed by atoms with E-state index in [2.05, 4.69) is 56.2 Å². The molecule has 33 heavy (non-hydrogen) atoms. The fraction of sp³-hybridized carbons (Fsp3) is 0.577. The quantitative estimate of drug-likeness (QED) is 0.299. The Morgan fingerprint density at radius 3 is 1.61 bits per heavy atom. The molecule has 0 spiro atoms. The zero-order chi connectivity index (χ0) is 23.3. The van der Waals surface area contributed by atoms with E-state index < -0.39 is 0 Å². The molecule has 0 bridgehead atoms. The predicted octanol–water partition coefficient (Wildman–Crippen LogP) is 8.32. The van der Waals surface area contributed by atoms with Crippen LogP contribution in [0, 0.1) is 0 Å². The maximum atomic E-state index is 3.96. The average Bonchev–Trinajstić information content (AvgIpc) is 3.76. The van der Waals surface area contributed by atoms with E-state index in [0.717, 1.165) is 30.5 Å². The highest BCUT2D eigenvalue weighted by molar-refractivity contribution is 8.12. The minimum absolute atomic E-state index is 0.986. The van der Waals surface area contributed by atoms with Gasteiger partial charge in [-0.2, -0.15) is 0 Å². The van der Waals surface area contributed by atoms with Crippen LogP contribution in [-0.2, 0) is 0 Å². The molecule has 6 aliphatic rings. The molecule has 0 radical (unpaired) electrons. The van der Waals surface area contributed by atoms with Crippen LogP contribution in [0.2, 0.25) is 0 Å². The van der Waals surface area contributed by atoms with Gasteiger partial charge in [0.2, 0.25) is 0 Å². The van der Waals surface area contributed by atoms with Crippen LogP contribution in [0.3, 0.4) is 0 Å². The standard InChI is InChI=1S/C6H10.C5H8S.C5H6S.C4H7N.2C3H5NS/c3*1-2-4-6-5-3-1;1-2-4-5-3-1;2*1-2-5-3-4-1/h1-2H,3-6H2;2,4H,1,3,5H2;1-4H,5H2;3H,1-2,4H2;3H,1-2H2;1H,2-3H2. The predicted molar refractivity (Wildman–Crippen MR) is 163 cm³/mol. The molecule has 0 N–H and O–H groups in total. The highest BCUT2D eigenvalue weighted by Gasteiger charge is 1.88. The highest BCUT2D eigenvalue weighted by atomic mass is 32.2. The Hall–Kier alpha value is -0.630. The maximum absolute atomic E-state index is 3.96. The van der Waals surface area contributed by atoms with Crippen LogP contribution >= 0.6 is 47.0 Å². The van der Waals surface area contributed by atoms with E-state index in [1.807, 2.05) is 59.3 Å². The second kappa shape index (κ2) is 27.6. The lowest BCUT2D eigenvalue weighted by Gasteiger charge is -1.97. The summed E-state index contributed by atoms with van der Waals surface area (Å²) < 4.78 is 0. The van der Waals surface area contributed by atoms with E-state index in [1.165, 1.54) is 62.9 Å². The summed E-state index contributed by atoms with van der Waals surface area (Å²) in [7, 11) is 0. The summed E-state index contributed by atoms with van der Waals surface area (Å²) in [6.45, 7) is 2.10. The maximum Gasteiger partial charge on any atom is 0.0844 e. The molecule has 0 saturated heterocycles. The third kappa shape index (κ3) is 25.8. The van der Waals surface area contributed by atoms with Crippen molar-refractivity contribution in [3.63, 3.8) is 0 Å². The van der Waals surface area contributed by atoms with Gasteiger partial charge in [-0.15, -0.1) is 47.0 Å². The van der Waals surface area contributed by atoms with Crippen molar-refractivity contribution in [2.45, 2.75) is 51.4 Å². The SMILES string of the molecule is C1=CCCCC1.C1=CCSC=C1.C1=CSCCC1.C1=NCCC1.C1=NCCS1.C1=NCSC1. The van der Waals surface area contributed by atoms with Crippen LogP contribution in [-0.4, -0.2) is 60.0 Å². The van der Waals surface area contributed by atoms with E-state index in [0.29, 0.717) is 0 Å². The summed E-state index contributed by atoms with van der Waals surface area (Å²) in [6.07, 6.45) is 27.6. The minimum atomic E-state index is 0.986. The van der Waals surface area contributed by atoms with Crippen molar-refractivity contribution in [2.24, 2.45) is 15.0 Å². The number of allylic oxidation sites excluding steroid dienone is 5. The fourth-order valence-corrected chi connectivity index (χ4v) is 4.91. The Kier molecular flexibility index (Phi) is 25.4. The molecule has 0 aromatic heterocycles. The molecule has 3 nitrogen and oxygen atoms in total. The molecule has 0 amide bonds. The van der Waals surface area contributed by atoms with Crippen molar-refractivity contribution in [1.82, 2.24) is 0 Å².